The lowest BCUT2D eigenvalue weighted by Gasteiger charge is -2.14. The summed E-state index contributed by atoms with van der Waals surface area (Å²) in [6.45, 7) is 32.8. The van der Waals surface area contributed by atoms with E-state index < -0.39 is 0 Å². The molecule has 0 radical (unpaired) electrons. The Bertz CT molecular complexity index is 8260. The van der Waals surface area contributed by atoms with Gasteiger partial charge in [-0.15, -0.1) is 0 Å². The molecular formula is C112H110N20O7. The second kappa shape index (κ2) is 35.5. The number of aromatic amines is 5. The maximum absolute atomic E-state index is 5.89. The number of hydrogen-bond acceptors (Lipinski definition) is 21. The van der Waals surface area contributed by atoms with Crippen molar-refractivity contribution in [3.05, 3.63) is 261 Å². The van der Waals surface area contributed by atoms with Crippen molar-refractivity contribution in [3.63, 3.8) is 0 Å². The smallest absolute Gasteiger partial charge is 0.221 e. The van der Waals surface area contributed by atoms with Gasteiger partial charge in [-0.05, 0) is 333 Å². The molecule has 5 aliphatic carbocycles. The van der Waals surface area contributed by atoms with Gasteiger partial charge < -0.3 is 61.6 Å². The molecule has 0 amide bonds. The Hall–Kier alpha value is -15.5. The molecule has 6 aromatic carbocycles. The van der Waals surface area contributed by atoms with E-state index in [9.17, 15) is 0 Å². The summed E-state index contributed by atoms with van der Waals surface area (Å²) in [5.74, 6) is 13.6. The van der Waals surface area contributed by atoms with E-state index in [-0.39, 0.29) is 0 Å². The average Bonchev–Trinajstić information content (AvgIpc) is 1.66. The van der Waals surface area contributed by atoms with Crippen LogP contribution in [0, 0.1) is 104 Å². The van der Waals surface area contributed by atoms with Crippen molar-refractivity contribution < 1.29 is 32.1 Å². The van der Waals surface area contributed by atoms with E-state index >= 15 is 0 Å². The van der Waals surface area contributed by atoms with Gasteiger partial charge in [0.05, 0.1) is 109 Å². The van der Waals surface area contributed by atoms with Crippen molar-refractivity contribution in [2.75, 3.05) is 13.7 Å². The molecule has 0 unspecified atom stereocenters. The number of H-pyrrole nitrogens is 5. The van der Waals surface area contributed by atoms with E-state index in [4.69, 9.17) is 57.0 Å². The van der Waals surface area contributed by atoms with Gasteiger partial charge in [0.1, 0.15) is 57.9 Å². The molecule has 0 atom stereocenters. The van der Waals surface area contributed by atoms with Crippen molar-refractivity contribution >= 4 is 66.1 Å². The fraction of sp³-hybridized carbons (Fsp3) is 0.304. The molecule has 5 aliphatic rings. The normalized spacial score (nSPS) is 14.1. The summed E-state index contributed by atoms with van der Waals surface area (Å²) >= 11 is 0. The summed E-state index contributed by atoms with van der Waals surface area (Å²) in [6.07, 6.45) is 23.4. The number of ether oxygens (including phenoxy) is 2. The molecule has 5 saturated carbocycles. The van der Waals surface area contributed by atoms with Crippen molar-refractivity contribution in [2.45, 2.75) is 205 Å². The predicted octanol–water partition coefficient (Wildman–Crippen LogP) is 26.9. The van der Waals surface area contributed by atoms with Gasteiger partial charge in [-0.2, -0.15) is 0 Å². The highest BCUT2D eigenvalue weighted by Crippen LogP contribution is 2.51. The van der Waals surface area contributed by atoms with Crippen molar-refractivity contribution in [2.24, 2.45) is 7.05 Å². The number of hydrogen-bond donors (Lipinski definition) is 5. The van der Waals surface area contributed by atoms with E-state index in [1.165, 1.54) is 92.2 Å². The Morgan fingerprint density at radius 1 is 0.331 bits per heavy atom. The number of aryl methyl sites for hydroxylation is 16. The molecule has 26 rings (SSSR count). The number of benzene rings is 6. The Morgan fingerprint density at radius 2 is 0.669 bits per heavy atom. The fourth-order valence-corrected chi connectivity index (χ4v) is 20.1. The van der Waals surface area contributed by atoms with E-state index in [0.29, 0.717) is 48.0 Å². The predicted molar refractivity (Wildman–Crippen MR) is 541 cm³/mol. The fourth-order valence-electron chi connectivity index (χ4n) is 20.1. The van der Waals surface area contributed by atoms with E-state index in [2.05, 4.69) is 208 Å². The van der Waals surface area contributed by atoms with Gasteiger partial charge >= 0.3 is 0 Å². The molecule has 0 saturated heterocycles. The Balaban J connectivity index is 0.000000100. The highest BCUT2D eigenvalue weighted by Gasteiger charge is 2.35. The zero-order valence-corrected chi connectivity index (χ0v) is 81.6. The molecule has 0 bridgehead atoms. The quantitative estimate of drug-likeness (QED) is 0.0533. The molecule has 5 fully saturated rings. The lowest BCUT2D eigenvalue weighted by Crippen LogP contribution is -1.99. The second-order valence-electron chi connectivity index (χ2n) is 38.3. The molecule has 5 N–H and O–H groups in total. The number of imidazole rings is 5. The maximum Gasteiger partial charge on any atom is 0.221 e. The molecule has 15 heterocycles. The van der Waals surface area contributed by atoms with E-state index in [1.807, 2.05) is 119 Å². The number of nitrogens with zero attached hydrogens (tertiary/aromatic N) is 15. The maximum atomic E-state index is 5.89. The third kappa shape index (κ3) is 16.8. The van der Waals surface area contributed by atoms with Crippen molar-refractivity contribution in [3.8, 4) is 123 Å². The first kappa shape index (κ1) is 88.7. The molecule has 0 aliphatic heterocycles. The third-order valence-corrected chi connectivity index (χ3v) is 27.8. The van der Waals surface area contributed by atoms with Crippen molar-refractivity contribution in [1.29, 1.82) is 0 Å². The number of rotatable bonds is 18. The second-order valence-corrected chi connectivity index (χ2v) is 38.3. The lowest BCUT2D eigenvalue weighted by atomic mass is 9.92. The molecule has 27 nitrogen and oxygen atoms in total. The van der Waals surface area contributed by atoms with Crippen LogP contribution in [-0.4, -0.2) is 114 Å². The van der Waals surface area contributed by atoms with Gasteiger partial charge in [-0.25, -0.2) is 34.9 Å². The molecule has 21 aromatic rings. The summed E-state index contributed by atoms with van der Waals surface area (Å²) in [6, 6.07) is 38.4. The first-order valence-corrected chi connectivity index (χ1v) is 48.2. The number of fused-ring (bicyclic) bond motifs is 6. The van der Waals surface area contributed by atoms with Crippen LogP contribution in [0.15, 0.2) is 169 Å². The summed E-state index contributed by atoms with van der Waals surface area (Å²) in [4.78, 5) is 60.6. The summed E-state index contributed by atoms with van der Waals surface area (Å²) < 4.78 is 40.8. The largest absolute Gasteiger partial charge is 0.481 e. The van der Waals surface area contributed by atoms with Gasteiger partial charge in [0.25, 0.3) is 0 Å². The first-order valence-electron chi connectivity index (χ1n) is 48.2. The molecular weight excluding hydrogens is 1740 g/mol. The topological polar surface area (TPSA) is 348 Å². The van der Waals surface area contributed by atoms with Crippen LogP contribution in [-0.2, 0) is 7.05 Å². The first-order chi connectivity index (χ1) is 67.4. The van der Waals surface area contributed by atoms with Crippen LogP contribution in [0.25, 0.3) is 177 Å². The van der Waals surface area contributed by atoms with Gasteiger partial charge in [0.2, 0.25) is 11.8 Å². The zero-order valence-electron chi connectivity index (χ0n) is 81.6. The van der Waals surface area contributed by atoms with Gasteiger partial charge in [0.15, 0.2) is 0 Å². The number of aromatic nitrogens is 20. The summed E-state index contributed by atoms with van der Waals surface area (Å²) in [7, 11) is 3.74. The molecule has 139 heavy (non-hydrogen) atoms. The SMILES string of the molecule is CCOc1nccc(C)c1-c1cc(-c2c(C)noc2C)cc2[nH]c(C3CC3)nc12.COc1nccc(C)c1-c1cc(-c2c(C)noc2C)cc2[nH]c(C3CC3)nc12.Cc1ccc2ncccc2c1-c1cc(-c2c(C)noc2C)cc2[nH]c(C3CC3)nc12.Cc1ccn(C)c1-c1cc(-c2c(C)noc2C)cc2[nH]c(C3CC3)nc12.Cc1ccncc1-c1cc(-c2c(C)noc2C)cc2[nH]c(C3CC3)nc12. The summed E-state index contributed by atoms with van der Waals surface area (Å²) in [5.41, 5.74) is 43.1. The number of methoxy groups -OCH3 is 1. The van der Waals surface area contributed by atoms with E-state index in [1.54, 1.807) is 19.5 Å². The monoisotopic (exact) mass is 1850 g/mol. The van der Waals surface area contributed by atoms with Crippen molar-refractivity contribution in [1.82, 2.24) is 100 Å². The molecule has 15 aromatic heterocycles. The molecule has 0 spiro atoms. The van der Waals surface area contributed by atoms with Crippen LogP contribution in [0.1, 0.15) is 215 Å². The Labute approximate surface area is 802 Å². The van der Waals surface area contributed by atoms with Crippen LogP contribution in [0.5, 0.6) is 11.8 Å². The van der Waals surface area contributed by atoms with E-state index in [0.717, 1.165) is 264 Å². The number of pyridine rings is 4. The minimum atomic E-state index is 0.541. The molecule has 700 valence electrons. The number of nitrogens with one attached hydrogen (secondary N) is 5. The van der Waals surface area contributed by atoms with Crippen LogP contribution < -0.4 is 9.47 Å². The lowest BCUT2D eigenvalue weighted by molar-refractivity contribution is 0.328. The highest BCUT2D eigenvalue weighted by atomic mass is 16.5. The van der Waals surface area contributed by atoms with Gasteiger partial charge in [0, 0.05) is 152 Å². The Kier molecular flexibility index (Phi) is 22.7. The average molecular weight is 1850 g/mol. The summed E-state index contributed by atoms with van der Waals surface area (Å²) in [5, 5.41) is 21.9. The van der Waals surface area contributed by atoms with Crippen LogP contribution >= 0.6 is 0 Å². The zero-order chi connectivity index (χ0) is 95.8. The highest BCUT2D eigenvalue weighted by molar-refractivity contribution is 6.07. The Morgan fingerprint density at radius 3 is 1.01 bits per heavy atom. The van der Waals surface area contributed by atoms with Crippen LogP contribution in [0.2, 0.25) is 0 Å². The third-order valence-electron chi connectivity index (χ3n) is 27.8. The standard InChI is InChI=1S/C25H22N4O.C23H24N4O2.C22H22N4O2.C21H22N4O.C21H20N4O/c1-13-6-9-20-18(5-4-10-26-20)22(13)19-11-17(23-14(2)29-30-15(23)3)12-21-24(19)28-25(27-21)16-7-8-16;1-5-28-23-19(12(2)8-9-24-23)17-10-16(20-13(3)27-29-14(20)4)11-18-21(17)26-22(25-18)15-6-7-15;1-11-7-8-23-22(27-4)18(11)16-9-15(19-12(2)26-28-13(19)3)10-17-20(16)25-21(24-17)14-5-6-14;1-11-7-8-25(4)20(11)16-9-15(18-12(2)24-26-13(18)3)10-17-19(16)23-21(22-17)14-5-6-14;1-11-6-7-22-10-17(11)16-8-15(19-12(2)25-26-13(19)3)9-18-20(16)24-21(23-18)14-4-5-14/h4-6,9-12,16H,7-8H2,1-3H3,(H,27,28);8-11,15H,5-7H2,1-4H3,(H,25,26);7-10,14H,5-6H2,1-4H3,(H,24,25);7-10,14H,5-6H2,1-4H3,(H,22,23);6-10,14H,4-5H2,1-3H3,(H,23,24). The van der Waals surface area contributed by atoms with Gasteiger partial charge in [-0.3, -0.25) is 9.97 Å². The van der Waals surface area contributed by atoms with Crippen LogP contribution in [0.4, 0.5) is 0 Å². The van der Waals surface area contributed by atoms with Crippen LogP contribution in [0.3, 0.4) is 0 Å². The van der Waals surface area contributed by atoms with Gasteiger partial charge in [-0.1, -0.05) is 37.9 Å². The molecule has 27 heteroatoms. The minimum Gasteiger partial charge on any atom is -0.481 e. The minimum absolute atomic E-state index is 0.541.